The molecule has 0 saturated carbocycles. The molecule has 4 nitrogen and oxygen atoms in total. The predicted molar refractivity (Wildman–Crippen MR) is 91.3 cm³/mol. The molecule has 1 aromatic heterocycles. The van der Waals surface area contributed by atoms with Crippen LogP contribution in [0.4, 0.5) is 4.39 Å². The van der Waals surface area contributed by atoms with Crippen LogP contribution in [0.5, 0.6) is 0 Å². The zero-order chi connectivity index (χ0) is 17.1. The van der Waals surface area contributed by atoms with Gasteiger partial charge in [0.05, 0.1) is 5.56 Å². The number of hydrogen-bond acceptors (Lipinski definition) is 3. The Kier molecular flexibility index (Phi) is 5.00. The van der Waals surface area contributed by atoms with E-state index in [1.165, 1.54) is 6.07 Å². The standard InChI is InChI=1S/C19H23FN2O2/c1-3-22-12-10-14(11-13-22)21(2)19(23)18-9-8-17(24-18)15-6-4-5-7-16(15)20/h4-9,14H,3,10-13H2,1-2H3. The Morgan fingerprint density at radius 1 is 1.25 bits per heavy atom. The van der Waals surface area contributed by atoms with Crippen molar-refractivity contribution in [2.45, 2.75) is 25.8 Å². The second kappa shape index (κ2) is 7.18. The van der Waals surface area contributed by atoms with E-state index < -0.39 is 0 Å². The lowest BCUT2D eigenvalue weighted by Crippen LogP contribution is -2.45. The summed E-state index contributed by atoms with van der Waals surface area (Å²) in [4.78, 5) is 16.8. The molecule has 0 radical (unpaired) electrons. The van der Waals surface area contributed by atoms with E-state index in [4.69, 9.17) is 4.42 Å². The number of carbonyl (C=O) groups is 1. The first-order valence-corrected chi connectivity index (χ1v) is 8.44. The van der Waals surface area contributed by atoms with E-state index in [0.29, 0.717) is 11.3 Å². The van der Waals surface area contributed by atoms with Gasteiger partial charge in [-0.3, -0.25) is 4.79 Å². The van der Waals surface area contributed by atoms with Crippen LogP contribution in [-0.4, -0.2) is 48.4 Å². The minimum atomic E-state index is -0.355. The van der Waals surface area contributed by atoms with Gasteiger partial charge in [-0.15, -0.1) is 0 Å². The van der Waals surface area contributed by atoms with Crippen LogP contribution in [0.2, 0.25) is 0 Å². The highest BCUT2D eigenvalue weighted by Gasteiger charge is 2.27. The smallest absolute Gasteiger partial charge is 0.289 e. The van der Waals surface area contributed by atoms with E-state index >= 15 is 0 Å². The van der Waals surface area contributed by atoms with Crippen molar-refractivity contribution >= 4 is 5.91 Å². The number of nitrogens with zero attached hydrogens (tertiary/aromatic N) is 2. The number of amides is 1. The summed E-state index contributed by atoms with van der Waals surface area (Å²) in [5.41, 5.74) is 0.371. The van der Waals surface area contributed by atoms with Crippen LogP contribution in [0.15, 0.2) is 40.8 Å². The lowest BCUT2D eigenvalue weighted by Gasteiger charge is -2.35. The second-order valence-electron chi connectivity index (χ2n) is 6.23. The van der Waals surface area contributed by atoms with Crippen molar-refractivity contribution in [1.29, 1.82) is 0 Å². The Morgan fingerprint density at radius 2 is 1.96 bits per heavy atom. The molecule has 2 aromatic rings. The molecule has 1 fully saturated rings. The normalized spacial score (nSPS) is 16.3. The first-order chi connectivity index (χ1) is 11.6. The molecule has 0 atom stereocenters. The molecule has 0 unspecified atom stereocenters. The van der Waals surface area contributed by atoms with Gasteiger partial charge >= 0.3 is 0 Å². The number of piperidine rings is 1. The molecule has 1 amide bonds. The van der Waals surface area contributed by atoms with Crippen LogP contribution in [0.1, 0.15) is 30.3 Å². The summed E-state index contributed by atoms with van der Waals surface area (Å²) in [6, 6.07) is 9.91. The highest BCUT2D eigenvalue weighted by molar-refractivity contribution is 5.92. The van der Waals surface area contributed by atoms with Gasteiger partial charge in [0, 0.05) is 26.2 Å². The fraction of sp³-hybridized carbons (Fsp3) is 0.421. The Hall–Kier alpha value is -2.14. The van der Waals surface area contributed by atoms with E-state index in [9.17, 15) is 9.18 Å². The number of benzene rings is 1. The van der Waals surface area contributed by atoms with Crippen molar-refractivity contribution in [3.63, 3.8) is 0 Å². The van der Waals surface area contributed by atoms with Crippen LogP contribution in [-0.2, 0) is 0 Å². The summed E-state index contributed by atoms with van der Waals surface area (Å²) < 4.78 is 19.5. The summed E-state index contributed by atoms with van der Waals surface area (Å²) in [5, 5.41) is 0. The number of furan rings is 1. The Bertz CT molecular complexity index is 705. The fourth-order valence-electron chi connectivity index (χ4n) is 3.22. The van der Waals surface area contributed by atoms with E-state index in [1.807, 2.05) is 7.05 Å². The van der Waals surface area contributed by atoms with Crippen LogP contribution in [0, 0.1) is 5.82 Å². The highest BCUT2D eigenvalue weighted by Crippen LogP contribution is 2.26. The number of hydrogen-bond donors (Lipinski definition) is 0. The molecule has 1 saturated heterocycles. The molecule has 128 valence electrons. The summed E-state index contributed by atoms with van der Waals surface area (Å²) in [6.45, 7) is 5.23. The summed E-state index contributed by atoms with van der Waals surface area (Å²) in [5.74, 6) is 0.137. The molecule has 1 aliphatic rings. The van der Waals surface area contributed by atoms with Gasteiger partial charge in [0.2, 0.25) is 0 Å². The molecular weight excluding hydrogens is 307 g/mol. The predicted octanol–water partition coefficient (Wildman–Crippen LogP) is 3.64. The Balaban J connectivity index is 1.71. The number of halogens is 1. The van der Waals surface area contributed by atoms with Crippen molar-refractivity contribution in [2.75, 3.05) is 26.7 Å². The van der Waals surface area contributed by atoms with Gasteiger partial charge in [-0.05, 0) is 43.7 Å². The Morgan fingerprint density at radius 3 is 2.62 bits per heavy atom. The highest BCUT2D eigenvalue weighted by atomic mass is 19.1. The van der Waals surface area contributed by atoms with E-state index in [1.54, 1.807) is 35.2 Å². The second-order valence-corrected chi connectivity index (χ2v) is 6.23. The quantitative estimate of drug-likeness (QED) is 0.859. The fourth-order valence-corrected chi connectivity index (χ4v) is 3.22. The van der Waals surface area contributed by atoms with Gasteiger partial charge in [0.1, 0.15) is 11.6 Å². The van der Waals surface area contributed by atoms with Gasteiger partial charge in [-0.1, -0.05) is 19.1 Å². The molecule has 0 spiro atoms. The largest absolute Gasteiger partial charge is 0.451 e. The maximum absolute atomic E-state index is 13.8. The lowest BCUT2D eigenvalue weighted by molar-refractivity contribution is 0.0617. The van der Waals surface area contributed by atoms with Gasteiger partial charge in [0.25, 0.3) is 5.91 Å². The SMILES string of the molecule is CCN1CCC(N(C)C(=O)c2ccc(-c3ccccc3F)o2)CC1. The molecule has 0 N–H and O–H groups in total. The molecule has 2 heterocycles. The topological polar surface area (TPSA) is 36.7 Å². The van der Waals surface area contributed by atoms with E-state index in [2.05, 4.69) is 11.8 Å². The minimum Gasteiger partial charge on any atom is -0.451 e. The van der Waals surface area contributed by atoms with Crippen molar-refractivity contribution in [3.8, 4) is 11.3 Å². The number of rotatable bonds is 4. The average molecular weight is 330 g/mol. The third-order valence-corrected chi connectivity index (χ3v) is 4.83. The third-order valence-electron chi connectivity index (χ3n) is 4.83. The molecule has 24 heavy (non-hydrogen) atoms. The molecule has 0 bridgehead atoms. The monoisotopic (exact) mass is 330 g/mol. The molecule has 1 aliphatic heterocycles. The minimum absolute atomic E-state index is 0.146. The van der Waals surface area contributed by atoms with Gasteiger partial charge in [0.15, 0.2) is 5.76 Å². The maximum Gasteiger partial charge on any atom is 0.289 e. The zero-order valence-corrected chi connectivity index (χ0v) is 14.2. The summed E-state index contributed by atoms with van der Waals surface area (Å²) in [7, 11) is 1.82. The van der Waals surface area contributed by atoms with Crippen molar-refractivity contribution in [3.05, 3.63) is 48.0 Å². The summed E-state index contributed by atoms with van der Waals surface area (Å²) >= 11 is 0. The maximum atomic E-state index is 13.8. The first-order valence-electron chi connectivity index (χ1n) is 8.44. The van der Waals surface area contributed by atoms with Crippen LogP contribution >= 0.6 is 0 Å². The molecule has 0 aliphatic carbocycles. The average Bonchev–Trinajstić information content (AvgIpc) is 3.11. The van der Waals surface area contributed by atoms with E-state index in [-0.39, 0.29) is 23.5 Å². The Labute approximate surface area is 141 Å². The zero-order valence-electron chi connectivity index (χ0n) is 14.2. The van der Waals surface area contributed by atoms with Gasteiger partial charge < -0.3 is 14.2 Å². The van der Waals surface area contributed by atoms with E-state index in [0.717, 1.165) is 32.5 Å². The molecule has 1 aromatic carbocycles. The first kappa shape index (κ1) is 16.7. The van der Waals surface area contributed by atoms with Gasteiger partial charge in [-0.25, -0.2) is 4.39 Å². The van der Waals surface area contributed by atoms with Crippen molar-refractivity contribution in [2.24, 2.45) is 0 Å². The number of likely N-dealkylation sites (tertiary alicyclic amines) is 1. The van der Waals surface area contributed by atoms with Crippen molar-refractivity contribution < 1.29 is 13.6 Å². The molecule has 5 heteroatoms. The van der Waals surface area contributed by atoms with Crippen LogP contribution in [0.25, 0.3) is 11.3 Å². The van der Waals surface area contributed by atoms with Crippen LogP contribution in [0.3, 0.4) is 0 Å². The number of carbonyl (C=O) groups excluding carboxylic acids is 1. The molecule has 3 rings (SSSR count). The lowest BCUT2D eigenvalue weighted by atomic mass is 10.0. The summed E-state index contributed by atoms with van der Waals surface area (Å²) in [6.07, 6.45) is 1.94. The third kappa shape index (κ3) is 3.36. The van der Waals surface area contributed by atoms with Crippen LogP contribution < -0.4 is 0 Å². The van der Waals surface area contributed by atoms with Gasteiger partial charge in [-0.2, -0.15) is 0 Å². The molecular formula is C19H23FN2O2. The van der Waals surface area contributed by atoms with Crippen molar-refractivity contribution in [1.82, 2.24) is 9.80 Å².